The number of piperidine rings is 1. The van der Waals surface area contributed by atoms with Gasteiger partial charge in [-0.2, -0.15) is 5.10 Å². The molecule has 160 valence electrons. The molecule has 1 N–H and O–H groups in total. The van der Waals surface area contributed by atoms with Crippen LogP contribution in [0.2, 0.25) is 0 Å². The maximum absolute atomic E-state index is 12.4. The molecule has 2 heterocycles. The third-order valence-electron chi connectivity index (χ3n) is 5.10. The second-order valence-corrected chi connectivity index (χ2v) is 8.04. The molecule has 0 aliphatic carbocycles. The van der Waals surface area contributed by atoms with Crippen LogP contribution in [-0.2, 0) is 18.4 Å². The smallest absolute Gasteiger partial charge is 0.224 e. The molecule has 1 unspecified atom stereocenters. The topological polar surface area (TPSA) is 65.8 Å². The summed E-state index contributed by atoms with van der Waals surface area (Å²) >= 11 is 0. The zero-order valence-corrected chi connectivity index (χ0v) is 20.6. The van der Waals surface area contributed by atoms with Gasteiger partial charge in [0.25, 0.3) is 0 Å². The first kappa shape index (κ1) is 24.7. The van der Waals surface area contributed by atoms with E-state index in [1.165, 1.54) is 12.0 Å². The Hall–Kier alpha value is -1.32. The third-order valence-corrected chi connectivity index (χ3v) is 5.10. The highest BCUT2D eigenvalue weighted by Crippen LogP contribution is 2.19. The molecule has 0 saturated carbocycles. The molecule has 0 bridgehead atoms. The lowest BCUT2D eigenvalue weighted by molar-refractivity contribution is -0.132. The minimum absolute atomic E-state index is 0. The molecule has 8 heteroatoms. The van der Waals surface area contributed by atoms with E-state index in [4.69, 9.17) is 0 Å². The van der Waals surface area contributed by atoms with E-state index >= 15 is 0 Å². The van der Waals surface area contributed by atoms with Crippen molar-refractivity contribution in [3.63, 3.8) is 0 Å². The summed E-state index contributed by atoms with van der Waals surface area (Å²) in [5.74, 6) is 2.04. The van der Waals surface area contributed by atoms with Crippen molar-refractivity contribution in [1.29, 1.82) is 0 Å². The van der Waals surface area contributed by atoms with Gasteiger partial charge >= 0.3 is 0 Å². The van der Waals surface area contributed by atoms with Gasteiger partial charge in [-0.05, 0) is 24.7 Å². The SMILES string of the molecule is CN=C(NCCC(=O)N1CCCC(C)C1)N(C)Cc1cn(C)nc1C(C)C.I. The van der Waals surface area contributed by atoms with Crippen LogP contribution >= 0.6 is 24.0 Å². The van der Waals surface area contributed by atoms with Gasteiger partial charge < -0.3 is 15.1 Å². The lowest BCUT2D eigenvalue weighted by Gasteiger charge is -2.31. The number of aromatic nitrogens is 2. The van der Waals surface area contributed by atoms with E-state index in [2.05, 4.69) is 47.3 Å². The van der Waals surface area contributed by atoms with Crippen molar-refractivity contribution in [3.8, 4) is 0 Å². The zero-order valence-electron chi connectivity index (χ0n) is 18.2. The van der Waals surface area contributed by atoms with Crippen LogP contribution < -0.4 is 5.32 Å². The summed E-state index contributed by atoms with van der Waals surface area (Å²) < 4.78 is 1.87. The highest BCUT2D eigenvalue weighted by Gasteiger charge is 2.21. The van der Waals surface area contributed by atoms with Gasteiger partial charge in [-0.3, -0.25) is 14.5 Å². The predicted octanol–water partition coefficient (Wildman–Crippen LogP) is 2.82. The highest BCUT2D eigenvalue weighted by molar-refractivity contribution is 14.0. The fraction of sp³-hybridized carbons (Fsp3) is 0.750. The number of guanidine groups is 1. The van der Waals surface area contributed by atoms with Crippen molar-refractivity contribution in [2.45, 2.75) is 52.5 Å². The number of nitrogens with zero attached hydrogens (tertiary/aromatic N) is 5. The Morgan fingerprint density at radius 1 is 1.46 bits per heavy atom. The molecular formula is C20H37IN6O. The number of aliphatic imine (C=N–C) groups is 1. The number of aryl methyl sites for hydroxylation is 1. The minimum atomic E-state index is 0. The molecule has 0 radical (unpaired) electrons. The Labute approximate surface area is 187 Å². The average molecular weight is 504 g/mol. The Balaban J connectivity index is 0.00000392. The Morgan fingerprint density at radius 3 is 2.79 bits per heavy atom. The van der Waals surface area contributed by atoms with Crippen molar-refractivity contribution < 1.29 is 4.79 Å². The largest absolute Gasteiger partial charge is 0.356 e. The van der Waals surface area contributed by atoms with Crippen LogP contribution in [0.1, 0.15) is 57.2 Å². The summed E-state index contributed by atoms with van der Waals surface area (Å²) in [5.41, 5.74) is 2.32. The van der Waals surface area contributed by atoms with E-state index < -0.39 is 0 Å². The summed E-state index contributed by atoms with van der Waals surface area (Å²) in [6.45, 7) is 9.67. The summed E-state index contributed by atoms with van der Waals surface area (Å²) in [6.07, 6.45) is 4.92. The maximum atomic E-state index is 12.4. The van der Waals surface area contributed by atoms with E-state index in [0.29, 0.717) is 24.8 Å². The van der Waals surface area contributed by atoms with Crippen LogP contribution in [0, 0.1) is 5.92 Å². The van der Waals surface area contributed by atoms with Crippen LogP contribution in [-0.4, -0.2) is 65.2 Å². The number of halogens is 1. The Morgan fingerprint density at radius 2 is 2.18 bits per heavy atom. The highest BCUT2D eigenvalue weighted by atomic mass is 127. The van der Waals surface area contributed by atoms with Crippen LogP contribution in [0.15, 0.2) is 11.2 Å². The van der Waals surface area contributed by atoms with Crippen molar-refractivity contribution in [3.05, 3.63) is 17.5 Å². The van der Waals surface area contributed by atoms with Crippen LogP contribution in [0.3, 0.4) is 0 Å². The van der Waals surface area contributed by atoms with Gasteiger partial charge in [0.2, 0.25) is 5.91 Å². The van der Waals surface area contributed by atoms with Crippen molar-refractivity contribution in [2.75, 3.05) is 33.7 Å². The first-order chi connectivity index (χ1) is 12.8. The molecule has 1 aromatic heterocycles. The lowest BCUT2D eigenvalue weighted by Crippen LogP contribution is -2.43. The van der Waals surface area contributed by atoms with E-state index in [9.17, 15) is 4.79 Å². The number of hydrogen-bond donors (Lipinski definition) is 1. The predicted molar refractivity (Wildman–Crippen MR) is 125 cm³/mol. The molecule has 0 spiro atoms. The van der Waals surface area contributed by atoms with Gasteiger partial charge in [-0.15, -0.1) is 24.0 Å². The number of rotatable bonds is 6. The molecular weight excluding hydrogens is 467 g/mol. The van der Waals surface area contributed by atoms with Gasteiger partial charge in [0.05, 0.1) is 5.69 Å². The van der Waals surface area contributed by atoms with Crippen LogP contribution in [0.5, 0.6) is 0 Å². The van der Waals surface area contributed by atoms with Crippen molar-refractivity contribution in [1.82, 2.24) is 24.9 Å². The molecule has 7 nitrogen and oxygen atoms in total. The van der Waals surface area contributed by atoms with Gasteiger partial charge in [0, 0.05) is 65.5 Å². The molecule has 2 rings (SSSR count). The van der Waals surface area contributed by atoms with E-state index in [1.807, 2.05) is 23.7 Å². The van der Waals surface area contributed by atoms with Gasteiger partial charge in [0.1, 0.15) is 0 Å². The van der Waals surface area contributed by atoms with Gasteiger partial charge in [0.15, 0.2) is 5.96 Å². The molecule has 1 aliphatic heterocycles. The number of nitrogens with one attached hydrogen (secondary N) is 1. The van der Waals surface area contributed by atoms with E-state index in [1.54, 1.807) is 7.05 Å². The Bertz CT molecular complexity index is 657. The van der Waals surface area contributed by atoms with Crippen molar-refractivity contribution >= 4 is 35.8 Å². The summed E-state index contributed by atoms with van der Waals surface area (Å²) in [4.78, 5) is 20.9. The zero-order chi connectivity index (χ0) is 20.0. The second-order valence-electron chi connectivity index (χ2n) is 8.04. The number of amides is 1. The van der Waals surface area contributed by atoms with E-state index in [0.717, 1.165) is 37.7 Å². The van der Waals surface area contributed by atoms with Gasteiger partial charge in [-0.1, -0.05) is 20.8 Å². The molecule has 1 fully saturated rings. The van der Waals surface area contributed by atoms with E-state index in [-0.39, 0.29) is 29.9 Å². The first-order valence-corrected chi connectivity index (χ1v) is 10.0. The lowest BCUT2D eigenvalue weighted by atomic mass is 10.00. The summed E-state index contributed by atoms with van der Waals surface area (Å²) in [5, 5.41) is 7.90. The third kappa shape index (κ3) is 6.93. The van der Waals surface area contributed by atoms with Gasteiger partial charge in [-0.25, -0.2) is 0 Å². The first-order valence-electron chi connectivity index (χ1n) is 10.0. The second kappa shape index (κ2) is 11.6. The minimum Gasteiger partial charge on any atom is -0.356 e. The molecule has 1 saturated heterocycles. The Kier molecular flexibility index (Phi) is 10.3. The molecule has 1 atom stereocenters. The summed E-state index contributed by atoms with van der Waals surface area (Å²) in [7, 11) is 5.75. The average Bonchev–Trinajstić information content (AvgIpc) is 2.99. The number of carbonyl (C=O) groups excluding carboxylic acids is 1. The molecule has 1 aromatic rings. The molecule has 28 heavy (non-hydrogen) atoms. The van der Waals surface area contributed by atoms with Crippen LogP contribution in [0.25, 0.3) is 0 Å². The normalized spacial score (nSPS) is 17.5. The number of likely N-dealkylation sites (tertiary alicyclic amines) is 1. The quantitative estimate of drug-likeness (QED) is 0.368. The molecule has 1 amide bonds. The standard InChI is InChI=1S/C20H36N6O.HI/c1-15(2)19-17(14-25(6)23-19)13-24(5)20(21-4)22-10-9-18(27)26-11-7-8-16(3)12-26;/h14-16H,7-13H2,1-6H3,(H,21,22);1H. The fourth-order valence-corrected chi connectivity index (χ4v) is 3.73. The van der Waals surface area contributed by atoms with Crippen LogP contribution in [0.4, 0.5) is 0 Å². The summed E-state index contributed by atoms with van der Waals surface area (Å²) in [6, 6.07) is 0. The molecule has 0 aromatic carbocycles. The number of hydrogen-bond acceptors (Lipinski definition) is 3. The number of carbonyl (C=O) groups is 1. The maximum Gasteiger partial charge on any atom is 0.224 e. The monoisotopic (exact) mass is 504 g/mol. The van der Waals surface area contributed by atoms with Crippen molar-refractivity contribution in [2.24, 2.45) is 18.0 Å². The fourth-order valence-electron chi connectivity index (χ4n) is 3.73. The molecule has 1 aliphatic rings.